The van der Waals surface area contributed by atoms with E-state index in [9.17, 15) is 9.60 Å². The zero-order valence-electron chi connectivity index (χ0n) is 43.5. The summed E-state index contributed by atoms with van der Waals surface area (Å²) in [5, 5.41) is -0.192. The van der Waals surface area contributed by atoms with E-state index in [1.54, 1.807) is 11.3 Å². The minimum absolute atomic E-state index is 0.172. The lowest BCUT2D eigenvalue weighted by molar-refractivity contribution is 1.07. The summed E-state index contributed by atoms with van der Waals surface area (Å²) in [4.78, 5) is 14.5. The van der Waals surface area contributed by atoms with Crippen molar-refractivity contribution in [3.05, 3.63) is 188 Å². The minimum Gasteiger partial charge on any atom is -0.208 e. The highest BCUT2D eigenvalue weighted by molar-refractivity contribution is 7.25. The maximum absolute atomic E-state index is 9.69. The van der Waals surface area contributed by atoms with Crippen LogP contribution in [-0.4, -0.2) is 15.0 Å². The van der Waals surface area contributed by atoms with Crippen LogP contribution in [0.1, 0.15) is 20.6 Å². The Labute approximate surface area is 342 Å². The predicted molar refractivity (Wildman–Crippen MR) is 232 cm³/mol. The van der Waals surface area contributed by atoms with Gasteiger partial charge in [0.15, 0.2) is 17.5 Å². The van der Waals surface area contributed by atoms with E-state index in [1.807, 2.05) is 97.1 Å². The fourth-order valence-corrected chi connectivity index (χ4v) is 8.00. The Balaban J connectivity index is 1.19. The number of benzene rings is 9. The van der Waals surface area contributed by atoms with Gasteiger partial charge in [0.05, 0.1) is 20.6 Å². The van der Waals surface area contributed by atoms with Gasteiger partial charge < -0.3 is 0 Å². The quantitative estimate of drug-likeness (QED) is 0.165. The van der Waals surface area contributed by atoms with Crippen LogP contribution in [0.2, 0.25) is 0 Å². The summed E-state index contributed by atoms with van der Waals surface area (Å²) >= 11 is 1.63. The average Bonchev–Trinajstić information content (AvgIpc) is 3.75. The van der Waals surface area contributed by atoms with E-state index in [0.29, 0.717) is 11.1 Å². The standard InChI is InChI=1S/C51H31N3S/c1-2-11-32(12-3-1)35-13-10-14-37(29-35)50-52-49(53-51(54-50)38-26-28-48-46(31-38)44-19-8-9-20-47(44)55-48)34-23-21-33(22-24-34)36-25-27-43-41-17-5-4-15-39(41)40-16-6-7-18-42(40)45(43)30-36/h1-31H/i4D,5D,6D,7D,15D,16D,17D,18D,21D,22D,23D,24D,25D,27D,30D. The molecule has 11 aromatic rings. The van der Waals surface area contributed by atoms with Crippen molar-refractivity contribution in [2.75, 3.05) is 0 Å². The van der Waals surface area contributed by atoms with Gasteiger partial charge >= 0.3 is 0 Å². The topological polar surface area (TPSA) is 38.7 Å². The summed E-state index contributed by atoms with van der Waals surface area (Å²) in [6.45, 7) is 0. The molecule has 11 rings (SSSR count). The van der Waals surface area contributed by atoms with E-state index in [4.69, 9.17) is 25.9 Å². The molecule has 55 heavy (non-hydrogen) atoms. The molecular formula is C51H31N3S. The van der Waals surface area contributed by atoms with E-state index in [1.165, 1.54) is 0 Å². The Morgan fingerprint density at radius 3 is 1.58 bits per heavy atom. The van der Waals surface area contributed by atoms with Crippen molar-refractivity contribution in [3.63, 3.8) is 0 Å². The SMILES string of the molecule is [2H]c1c([2H])c(-c2c([2H])c([2H])c3c4c([2H])c([2H])c([2H])c([2H])c4c4c([2H])c([2H])c([2H])c([2H])c4c3c2[2H])c([2H])c([2H])c1-c1nc(-c2cccc(-c3ccccc3)c2)nc(-c2ccc3sc4ccccc4c3c2)n1. The van der Waals surface area contributed by atoms with E-state index in [2.05, 4.69) is 0 Å². The number of aromatic nitrogens is 3. The van der Waals surface area contributed by atoms with Crippen molar-refractivity contribution in [2.45, 2.75) is 0 Å². The largest absolute Gasteiger partial charge is 0.208 e. The Morgan fingerprint density at radius 2 is 0.855 bits per heavy atom. The second-order valence-electron chi connectivity index (χ2n) is 12.8. The molecule has 2 heterocycles. The van der Waals surface area contributed by atoms with Gasteiger partial charge in [-0.15, -0.1) is 11.3 Å². The Bertz CT molecular complexity index is 4070. The molecule has 9 aromatic carbocycles. The van der Waals surface area contributed by atoms with Crippen LogP contribution < -0.4 is 0 Å². The van der Waals surface area contributed by atoms with Crippen LogP contribution in [0.25, 0.3) is 109 Å². The van der Waals surface area contributed by atoms with Crippen molar-refractivity contribution in [1.82, 2.24) is 15.0 Å². The molecular weight excluding hydrogens is 687 g/mol. The van der Waals surface area contributed by atoms with Crippen molar-refractivity contribution in [1.29, 1.82) is 0 Å². The summed E-state index contributed by atoms with van der Waals surface area (Å²) in [6, 6.07) is 20.4. The van der Waals surface area contributed by atoms with Gasteiger partial charge in [-0.1, -0.05) is 151 Å². The van der Waals surface area contributed by atoms with Gasteiger partial charge in [-0.3, -0.25) is 0 Å². The Hall–Kier alpha value is -7.01. The van der Waals surface area contributed by atoms with Gasteiger partial charge in [0, 0.05) is 36.9 Å². The number of thiophene rings is 1. The molecule has 0 saturated carbocycles. The highest BCUT2D eigenvalue weighted by atomic mass is 32.1. The van der Waals surface area contributed by atoms with E-state index >= 15 is 0 Å². The van der Waals surface area contributed by atoms with Crippen molar-refractivity contribution >= 4 is 63.8 Å². The van der Waals surface area contributed by atoms with Gasteiger partial charge in [0.2, 0.25) is 0 Å². The van der Waals surface area contributed by atoms with Crippen LogP contribution in [0.3, 0.4) is 0 Å². The van der Waals surface area contributed by atoms with Crippen molar-refractivity contribution in [3.8, 4) is 56.4 Å². The molecule has 0 atom stereocenters. The molecule has 2 aromatic heterocycles. The van der Waals surface area contributed by atoms with Crippen LogP contribution in [-0.2, 0) is 0 Å². The van der Waals surface area contributed by atoms with Gasteiger partial charge in [-0.05, 0) is 90.9 Å². The molecule has 0 bridgehead atoms. The fourth-order valence-electron chi connectivity index (χ4n) is 6.91. The minimum atomic E-state index is -0.778. The first-order valence-electron chi connectivity index (χ1n) is 24.8. The second kappa shape index (κ2) is 12.8. The first-order valence-corrected chi connectivity index (χ1v) is 18.1. The van der Waals surface area contributed by atoms with Crippen LogP contribution >= 0.6 is 11.3 Å². The predicted octanol–water partition coefficient (Wildman–Crippen LogP) is 14.0. The fraction of sp³-hybridized carbons (Fsp3) is 0. The molecule has 0 radical (unpaired) electrons. The molecule has 0 aliphatic rings. The average molecular weight is 733 g/mol. The Morgan fingerprint density at radius 1 is 0.327 bits per heavy atom. The molecule has 256 valence electrons. The zero-order chi connectivity index (χ0) is 49.3. The summed E-state index contributed by atoms with van der Waals surface area (Å²) < 4.78 is 138. The molecule has 4 heteroatoms. The van der Waals surface area contributed by atoms with Crippen molar-refractivity contribution in [2.24, 2.45) is 0 Å². The summed E-state index contributed by atoms with van der Waals surface area (Å²) in [7, 11) is 0. The highest BCUT2D eigenvalue weighted by Gasteiger charge is 2.16. The number of hydrogen-bond acceptors (Lipinski definition) is 4. The third-order valence-corrected chi connectivity index (χ3v) is 10.7. The first kappa shape index (κ1) is 19.9. The monoisotopic (exact) mass is 732 g/mol. The van der Waals surface area contributed by atoms with E-state index in [-0.39, 0.29) is 50.0 Å². The lowest BCUT2D eigenvalue weighted by Crippen LogP contribution is -2.00. The molecule has 0 fully saturated rings. The maximum Gasteiger partial charge on any atom is 0.164 e. The first-order chi connectivity index (χ1) is 33.5. The smallest absolute Gasteiger partial charge is 0.164 e. The number of nitrogens with zero attached hydrogens (tertiary/aromatic N) is 3. The molecule has 0 aliphatic heterocycles. The zero-order valence-corrected chi connectivity index (χ0v) is 29.3. The lowest BCUT2D eigenvalue weighted by atomic mass is 9.92. The van der Waals surface area contributed by atoms with Crippen LogP contribution in [0.5, 0.6) is 0 Å². The van der Waals surface area contributed by atoms with E-state index < -0.39 is 107 Å². The van der Waals surface area contributed by atoms with Gasteiger partial charge in [0.1, 0.15) is 0 Å². The van der Waals surface area contributed by atoms with Gasteiger partial charge in [-0.25, -0.2) is 15.0 Å². The summed E-state index contributed by atoms with van der Waals surface area (Å²) in [6.07, 6.45) is 0. The van der Waals surface area contributed by atoms with Gasteiger partial charge in [0.25, 0.3) is 0 Å². The van der Waals surface area contributed by atoms with Crippen molar-refractivity contribution < 1.29 is 20.6 Å². The number of fused-ring (bicyclic) bond motifs is 9. The van der Waals surface area contributed by atoms with Crippen LogP contribution in [0.15, 0.2) is 188 Å². The molecule has 0 saturated heterocycles. The van der Waals surface area contributed by atoms with Gasteiger partial charge in [-0.2, -0.15) is 0 Å². The third kappa shape index (κ3) is 5.46. The number of hydrogen-bond donors (Lipinski definition) is 0. The van der Waals surface area contributed by atoms with E-state index in [0.717, 1.165) is 31.3 Å². The summed E-state index contributed by atoms with van der Waals surface area (Å²) in [5.41, 5.74) is 1.50. The normalized spacial score (nSPS) is 15.5. The maximum atomic E-state index is 9.69. The third-order valence-electron chi connectivity index (χ3n) is 9.53. The lowest BCUT2D eigenvalue weighted by Gasteiger charge is -2.12. The highest BCUT2D eigenvalue weighted by Crippen LogP contribution is 2.39. The van der Waals surface area contributed by atoms with Crippen LogP contribution in [0, 0.1) is 0 Å². The second-order valence-corrected chi connectivity index (χ2v) is 13.9. The molecule has 3 nitrogen and oxygen atoms in total. The molecule has 0 N–H and O–H groups in total. The summed E-state index contributed by atoms with van der Waals surface area (Å²) in [5.74, 6) is 0.148. The molecule has 0 spiro atoms. The number of rotatable bonds is 5. The molecule has 0 amide bonds. The molecule has 0 unspecified atom stereocenters. The Kier molecular flexibility index (Phi) is 4.64. The molecule has 0 aliphatic carbocycles. The van der Waals surface area contributed by atoms with Crippen LogP contribution in [0.4, 0.5) is 0 Å².